The monoisotopic (exact) mass is 291 g/mol. The summed E-state index contributed by atoms with van der Waals surface area (Å²) in [6.45, 7) is 8.10. The van der Waals surface area contributed by atoms with Gasteiger partial charge in [-0.2, -0.15) is 0 Å². The first-order valence-corrected chi connectivity index (χ1v) is 7.07. The lowest BCUT2D eigenvalue weighted by Crippen LogP contribution is -2.47. The highest BCUT2D eigenvalue weighted by molar-refractivity contribution is 6.02. The molecular formula is C16H25N3O2. The van der Waals surface area contributed by atoms with Crippen LogP contribution in [0.25, 0.3) is 0 Å². The van der Waals surface area contributed by atoms with Gasteiger partial charge >= 0.3 is 0 Å². The summed E-state index contributed by atoms with van der Waals surface area (Å²) in [7, 11) is 0. The second kappa shape index (κ2) is 7.11. The highest BCUT2D eigenvalue weighted by Gasteiger charge is 2.28. The van der Waals surface area contributed by atoms with Crippen LogP contribution < -0.4 is 11.1 Å². The first-order chi connectivity index (χ1) is 9.75. The topological polar surface area (TPSA) is 87.7 Å². The fraction of sp³-hybridized carbons (Fsp3) is 0.500. The van der Waals surface area contributed by atoms with E-state index < -0.39 is 5.92 Å². The zero-order chi connectivity index (χ0) is 16.0. The lowest BCUT2D eigenvalue weighted by molar-refractivity contribution is -0.124. The molecule has 0 fully saturated rings. The summed E-state index contributed by atoms with van der Waals surface area (Å²) in [6.07, 6.45) is 0.402. The average molecular weight is 291 g/mol. The Kier molecular flexibility index (Phi) is 5.76. The lowest BCUT2D eigenvalue weighted by atomic mass is 9.87. The SMILES string of the molecule is CC(NC(=O)C(Cc1ccccc1)/C(N)=N/O)C(C)(C)C. The van der Waals surface area contributed by atoms with Crippen molar-refractivity contribution in [2.24, 2.45) is 22.2 Å². The van der Waals surface area contributed by atoms with Crippen LogP contribution in [0.4, 0.5) is 0 Å². The number of hydrogen-bond acceptors (Lipinski definition) is 3. The Hall–Kier alpha value is -2.04. The standard InChI is InChI=1S/C16H25N3O2/c1-11(16(2,3)4)18-15(20)13(14(17)19-21)10-12-8-6-5-7-9-12/h5-9,11,13,21H,10H2,1-4H3,(H2,17,19)(H,18,20). The van der Waals surface area contributed by atoms with Gasteiger partial charge in [-0.25, -0.2) is 0 Å². The van der Waals surface area contributed by atoms with Crippen LogP contribution in [-0.2, 0) is 11.2 Å². The van der Waals surface area contributed by atoms with Crippen LogP contribution in [0.5, 0.6) is 0 Å². The third kappa shape index (κ3) is 5.10. The Balaban J connectivity index is 2.86. The molecule has 1 aromatic carbocycles. The largest absolute Gasteiger partial charge is 0.409 e. The van der Waals surface area contributed by atoms with E-state index in [9.17, 15) is 4.79 Å². The molecule has 1 aromatic rings. The van der Waals surface area contributed by atoms with E-state index in [0.29, 0.717) is 6.42 Å². The predicted molar refractivity (Wildman–Crippen MR) is 84.1 cm³/mol. The lowest BCUT2D eigenvalue weighted by Gasteiger charge is -2.29. The first-order valence-electron chi connectivity index (χ1n) is 7.07. The summed E-state index contributed by atoms with van der Waals surface area (Å²) in [5, 5.41) is 14.9. The first kappa shape index (κ1) is 17.0. The molecule has 2 unspecified atom stereocenters. The van der Waals surface area contributed by atoms with Crippen molar-refractivity contribution in [1.82, 2.24) is 5.32 Å². The van der Waals surface area contributed by atoms with Gasteiger partial charge in [-0.15, -0.1) is 0 Å². The second-order valence-corrected chi connectivity index (χ2v) is 6.36. The maximum atomic E-state index is 12.4. The van der Waals surface area contributed by atoms with Gasteiger partial charge in [0.1, 0.15) is 5.92 Å². The molecule has 0 saturated heterocycles. The molecule has 116 valence electrons. The third-order valence-corrected chi connectivity index (χ3v) is 3.73. The second-order valence-electron chi connectivity index (χ2n) is 6.36. The minimum absolute atomic E-state index is 0.0187. The summed E-state index contributed by atoms with van der Waals surface area (Å²) in [5.41, 5.74) is 6.60. The van der Waals surface area contributed by atoms with Crippen molar-refractivity contribution in [1.29, 1.82) is 0 Å². The molecule has 0 spiro atoms. The van der Waals surface area contributed by atoms with E-state index >= 15 is 0 Å². The quantitative estimate of drug-likeness (QED) is 0.336. The van der Waals surface area contributed by atoms with E-state index in [1.165, 1.54) is 0 Å². The van der Waals surface area contributed by atoms with Crippen molar-refractivity contribution >= 4 is 11.7 Å². The van der Waals surface area contributed by atoms with Gasteiger partial charge in [-0.05, 0) is 24.3 Å². The van der Waals surface area contributed by atoms with E-state index in [4.69, 9.17) is 10.9 Å². The van der Waals surface area contributed by atoms with Gasteiger partial charge in [0, 0.05) is 6.04 Å². The summed E-state index contributed by atoms with van der Waals surface area (Å²) in [6, 6.07) is 9.51. The van der Waals surface area contributed by atoms with E-state index in [-0.39, 0.29) is 23.2 Å². The zero-order valence-electron chi connectivity index (χ0n) is 13.1. The number of rotatable bonds is 5. The Labute approximate surface area is 126 Å². The highest BCUT2D eigenvalue weighted by atomic mass is 16.4. The molecular weight excluding hydrogens is 266 g/mol. The summed E-state index contributed by atoms with van der Waals surface area (Å²) in [4.78, 5) is 12.4. The molecule has 21 heavy (non-hydrogen) atoms. The number of hydrogen-bond donors (Lipinski definition) is 3. The highest BCUT2D eigenvalue weighted by Crippen LogP contribution is 2.19. The molecule has 0 aliphatic carbocycles. The van der Waals surface area contributed by atoms with E-state index in [2.05, 4.69) is 10.5 Å². The smallest absolute Gasteiger partial charge is 0.231 e. The van der Waals surface area contributed by atoms with Gasteiger partial charge in [0.15, 0.2) is 5.84 Å². The van der Waals surface area contributed by atoms with E-state index in [0.717, 1.165) is 5.56 Å². The number of nitrogens with two attached hydrogens (primary N) is 1. The summed E-state index contributed by atoms with van der Waals surface area (Å²) in [5.74, 6) is -0.976. The number of amidine groups is 1. The Morgan fingerprint density at radius 1 is 1.33 bits per heavy atom. The molecule has 0 radical (unpaired) electrons. The summed E-state index contributed by atoms with van der Waals surface area (Å²) < 4.78 is 0. The number of oxime groups is 1. The molecule has 0 aromatic heterocycles. The van der Waals surface area contributed by atoms with Crippen molar-refractivity contribution in [2.45, 2.75) is 40.2 Å². The molecule has 1 rings (SSSR count). The third-order valence-electron chi connectivity index (χ3n) is 3.73. The molecule has 0 heterocycles. The van der Waals surface area contributed by atoms with Crippen LogP contribution in [0.15, 0.2) is 35.5 Å². The van der Waals surface area contributed by atoms with Crippen LogP contribution in [-0.4, -0.2) is 23.0 Å². The van der Waals surface area contributed by atoms with Crippen molar-refractivity contribution < 1.29 is 10.0 Å². The molecule has 0 bridgehead atoms. The van der Waals surface area contributed by atoms with Crippen LogP contribution in [0.1, 0.15) is 33.3 Å². The number of nitrogens with zero attached hydrogens (tertiary/aromatic N) is 1. The zero-order valence-corrected chi connectivity index (χ0v) is 13.1. The Morgan fingerprint density at radius 3 is 2.38 bits per heavy atom. The molecule has 0 aliphatic heterocycles. The molecule has 4 N–H and O–H groups in total. The number of nitrogens with one attached hydrogen (secondary N) is 1. The van der Waals surface area contributed by atoms with Gasteiger partial charge in [-0.3, -0.25) is 4.79 Å². The molecule has 0 saturated carbocycles. The fourth-order valence-electron chi connectivity index (χ4n) is 1.78. The average Bonchev–Trinajstić information content (AvgIpc) is 2.43. The van der Waals surface area contributed by atoms with E-state index in [1.54, 1.807) is 0 Å². The molecule has 0 aliphatic rings. The van der Waals surface area contributed by atoms with Gasteiger partial charge in [0.2, 0.25) is 5.91 Å². The van der Waals surface area contributed by atoms with Crippen LogP contribution in [0.3, 0.4) is 0 Å². The van der Waals surface area contributed by atoms with Gasteiger partial charge in [0.25, 0.3) is 0 Å². The minimum Gasteiger partial charge on any atom is -0.409 e. The Bertz CT molecular complexity index is 492. The molecule has 5 heteroatoms. The van der Waals surface area contributed by atoms with E-state index in [1.807, 2.05) is 58.0 Å². The number of carbonyl (C=O) groups is 1. The Morgan fingerprint density at radius 2 is 1.90 bits per heavy atom. The van der Waals surface area contributed by atoms with Gasteiger partial charge in [0.05, 0.1) is 0 Å². The fourth-order valence-corrected chi connectivity index (χ4v) is 1.78. The maximum absolute atomic E-state index is 12.4. The molecule has 5 nitrogen and oxygen atoms in total. The summed E-state index contributed by atoms with van der Waals surface area (Å²) >= 11 is 0. The van der Waals surface area contributed by atoms with Gasteiger partial charge < -0.3 is 16.3 Å². The van der Waals surface area contributed by atoms with Crippen LogP contribution in [0.2, 0.25) is 0 Å². The molecule has 2 atom stereocenters. The minimum atomic E-state index is -0.679. The van der Waals surface area contributed by atoms with Gasteiger partial charge in [-0.1, -0.05) is 56.3 Å². The van der Waals surface area contributed by atoms with Crippen molar-refractivity contribution in [3.63, 3.8) is 0 Å². The van der Waals surface area contributed by atoms with Crippen molar-refractivity contribution in [2.75, 3.05) is 0 Å². The normalized spacial score (nSPS) is 15.3. The number of carbonyl (C=O) groups excluding carboxylic acids is 1. The van der Waals surface area contributed by atoms with Crippen LogP contribution >= 0.6 is 0 Å². The number of amides is 1. The predicted octanol–water partition coefficient (Wildman–Crippen LogP) is 2.14. The molecule has 1 amide bonds. The maximum Gasteiger partial charge on any atom is 0.231 e. The van der Waals surface area contributed by atoms with Crippen molar-refractivity contribution in [3.05, 3.63) is 35.9 Å². The number of benzene rings is 1. The van der Waals surface area contributed by atoms with Crippen molar-refractivity contribution in [3.8, 4) is 0 Å². The van der Waals surface area contributed by atoms with Crippen LogP contribution in [0, 0.1) is 11.3 Å².